The number of alkyl halides is 1. The second-order valence-electron chi connectivity index (χ2n) is 4.64. The first-order valence-corrected chi connectivity index (χ1v) is 21.2. The quantitative estimate of drug-likeness (QED) is 0.208. The standard InChI is InChI=1S/C4H9BrO2S.C4H10O3S.C4H10OS.Br3P/c2*1-8(6,7)4-2-3-5;1-6-4-2-3-5;1-4(2)3/h2-4H2,1H3;5H,2-4H2,1H3;5H,2-4H2,1H3;. The van der Waals surface area contributed by atoms with E-state index in [1.54, 1.807) is 11.8 Å². The molecule has 164 valence electrons. The third-order valence-corrected chi connectivity index (χ3v) is 5.15. The summed E-state index contributed by atoms with van der Waals surface area (Å²) in [5.41, 5.74) is 0. The molecule has 0 atom stereocenters. The Morgan fingerprint density at radius 2 is 1.19 bits per heavy atom. The molecule has 0 aliphatic heterocycles. The van der Waals surface area contributed by atoms with E-state index >= 15 is 0 Å². The lowest BCUT2D eigenvalue weighted by atomic mass is 10.5. The Kier molecular flexibility index (Phi) is 35.3. The predicted molar refractivity (Wildman–Crippen MR) is 133 cm³/mol. The smallest absolute Gasteiger partial charge is 0.147 e. The average molecular weight is 716 g/mol. The van der Waals surface area contributed by atoms with Crippen molar-refractivity contribution < 1.29 is 27.0 Å². The highest BCUT2D eigenvalue weighted by atomic mass is 80.0. The van der Waals surface area contributed by atoms with E-state index < -0.39 is 19.7 Å². The van der Waals surface area contributed by atoms with E-state index in [1.165, 1.54) is 6.26 Å². The Bertz CT molecular complexity index is 421. The Morgan fingerprint density at radius 1 is 0.846 bits per heavy atom. The molecule has 0 unspecified atom stereocenters. The summed E-state index contributed by atoms with van der Waals surface area (Å²) in [5, 5.41) is 17.1. The number of hydrogen-bond acceptors (Lipinski definition) is 7. The molecular weight excluding hydrogens is 687 g/mol. The highest BCUT2D eigenvalue weighted by Gasteiger charge is 1.98. The molecule has 0 saturated carbocycles. The monoisotopic (exact) mass is 712 g/mol. The summed E-state index contributed by atoms with van der Waals surface area (Å²) >= 11 is 14.4. The van der Waals surface area contributed by atoms with Crippen LogP contribution in [0.15, 0.2) is 0 Å². The van der Waals surface area contributed by atoms with E-state index in [2.05, 4.69) is 62.4 Å². The van der Waals surface area contributed by atoms with Crippen molar-refractivity contribution in [2.75, 3.05) is 54.6 Å². The number of thioether (sulfide) groups is 1. The molecule has 0 spiro atoms. The van der Waals surface area contributed by atoms with Gasteiger partial charge in [0.05, 0.1) is 11.5 Å². The van der Waals surface area contributed by atoms with Gasteiger partial charge in [0.1, 0.15) is 23.7 Å². The Morgan fingerprint density at radius 3 is 1.31 bits per heavy atom. The SMILES string of the molecule is BrP(Br)Br.CS(=O)(=O)CCCBr.CS(=O)(=O)CCCO.CSCCCO. The van der Waals surface area contributed by atoms with Crippen molar-refractivity contribution in [1.82, 2.24) is 0 Å². The maximum absolute atomic E-state index is 10.4. The van der Waals surface area contributed by atoms with Gasteiger partial charge in [0.15, 0.2) is 0 Å². The van der Waals surface area contributed by atoms with E-state index in [4.69, 9.17) is 10.2 Å². The van der Waals surface area contributed by atoms with Gasteiger partial charge in [-0.15, -0.1) is 0 Å². The number of aliphatic hydroxyl groups is 2. The molecule has 0 heterocycles. The first-order valence-electron chi connectivity index (χ1n) is 7.16. The van der Waals surface area contributed by atoms with Gasteiger partial charge < -0.3 is 10.2 Å². The largest absolute Gasteiger partial charge is 0.396 e. The van der Waals surface area contributed by atoms with Crippen LogP contribution in [0.2, 0.25) is 0 Å². The molecule has 0 fully saturated rings. The summed E-state index contributed by atoms with van der Waals surface area (Å²) in [7, 11) is -5.56. The zero-order valence-electron chi connectivity index (χ0n) is 15.1. The molecule has 0 bridgehead atoms. The van der Waals surface area contributed by atoms with Gasteiger partial charge in [0.2, 0.25) is 0 Å². The van der Waals surface area contributed by atoms with Crippen LogP contribution in [0.5, 0.6) is 0 Å². The van der Waals surface area contributed by atoms with E-state index in [0.29, 0.717) is 19.4 Å². The van der Waals surface area contributed by atoms with Crippen molar-refractivity contribution in [3.8, 4) is 0 Å². The van der Waals surface area contributed by atoms with Crippen LogP contribution in [0.3, 0.4) is 0 Å². The van der Waals surface area contributed by atoms with Gasteiger partial charge in [0, 0.05) is 31.1 Å². The number of rotatable bonds is 9. The summed E-state index contributed by atoms with van der Waals surface area (Å²) in [6.45, 7) is 0.286. The molecule has 0 aliphatic carbocycles. The zero-order valence-corrected chi connectivity index (χ0v) is 24.8. The number of aliphatic hydroxyl groups excluding tert-OH is 2. The van der Waals surface area contributed by atoms with Gasteiger partial charge >= 0.3 is 0 Å². The van der Waals surface area contributed by atoms with Crippen molar-refractivity contribution in [3.63, 3.8) is 0 Å². The van der Waals surface area contributed by atoms with Crippen LogP contribution >= 0.6 is 78.2 Å². The van der Waals surface area contributed by atoms with Crippen molar-refractivity contribution >= 4 is 97.9 Å². The summed E-state index contributed by atoms with van der Waals surface area (Å²) in [4.78, 5) is 0. The summed E-state index contributed by atoms with van der Waals surface area (Å²) < 4.78 is 41.1. The van der Waals surface area contributed by atoms with Crippen molar-refractivity contribution in [1.29, 1.82) is 0 Å². The number of hydrogen-bond donors (Lipinski definition) is 2. The summed E-state index contributed by atoms with van der Waals surface area (Å²) in [6, 6.07) is 0. The van der Waals surface area contributed by atoms with Crippen LogP contribution in [-0.4, -0.2) is 81.6 Å². The molecule has 14 heteroatoms. The maximum Gasteiger partial charge on any atom is 0.147 e. The molecule has 0 aromatic carbocycles. The molecule has 2 N–H and O–H groups in total. The molecule has 0 amide bonds. The predicted octanol–water partition coefficient (Wildman–Crippen LogP) is 4.36. The molecule has 26 heavy (non-hydrogen) atoms. The fraction of sp³-hybridized carbons (Fsp3) is 1.00. The lowest BCUT2D eigenvalue weighted by Crippen LogP contribution is -2.03. The topological polar surface area (TPSA) is 109 Å². The van der Waals surface area contributed by atoms with Crippen molar-refractivity contribution in [2.45, 2.75) is 19.3 Å². The minimum absolute atomic E-state index is 0.0485. The van der Waals surface area contributed by atoms with Crippen LogP contribution in [0.4, 0.5) is 0 Å². The van der Waals surface area contributed by atoms with Gasteiger partial charge in [-0.05, 0) is 77.7 Å². The maximum atomic E-state index is 10.4. The number of halogens is 4. The molecule has 0 rings (SSSR count). The van der Waals surface area contributed by atoms with E-state index in [-0.39, 0.29) is 22.1 Å². The van der Waals surface area contributed by atoms with Crippen LogP contribution in [0.25, 0.3) is 0 Å². The average Bonchev–Trinajstić information content (AvgIpc) is 2.48. The van der Waals surface area contributed by atoms with E-state index in [9.17, 15) is 16.8 Å². The second-order valence-corrected chi connectivity index (χ2v) is 26.3. The van der Waals surface area contributed by atoms with Gasteiger partial charge in [-0.2, -0.15) is 11.8 Å². The number of sulfone groups is 2. The molecule has 0 saturated heterocycles. The molecular formula is C12H29Br4O6PS3. The van der Waals surface area contributed by atoms with Crippen LogP contribution in [0, 0.1) is 0 Å². The third-order valence-electron chi connectivity index (χ3n) is 1.83. The van der Waals surface area contributed by atoms with Gasteiger partial charge in [-0.1, -0.05) is 15.9 Å². The first kappa shape index (κ1) is 35.9. The Labute approximate surface area is 197 Å². The zero-order chi connectivity index (χ0) is 21.6. The van der Waals surface area contributed by atoms with Gasteiger partial charge in [-0.3, -0.25) is 0 Å². The minimum Gasteiger partial charge on any atom is -0.396 e. The molecule has 0 aliphatic rings. The van der Waals surface area contributed by atoms with E-state index in [0.717, 1.165) is 23.8 Å². The second kappa shape index (κ2) is 25.6. The van der Waals surface area contributed by atoms with Crippen LogP contribution in [-0.2, 0) is 19.7 Å². The Balaban J connectivity index is -0.000000128. The van der Waals surface area contributed by atoms with Gasteiger partial charge in [-0.25, -0.2) is 16.8 Å². The van der Waals surface area contributed by atoms with Crippen molar-refractivity contribution in [2.24, 2.45) is 0 Å². The van der Waals surface area contributed by atoms with E-state index in [1.807, 2.05) is 6.26 Å². The summed E-state index contributed by atoms with van der Waals surface area (Å²) in [6.07, 6.45) is 6.42. The highest BCUT2D eigenvalue weighted by Crippen LogP contribution is 2.59. The normalized spacial score (nSPS) is 10.7. The summed E-state index contributed by atoms with van der Waals surface area (Å²) in [5.74, 6) is 1.46. The van der Waals surface area contributed by atoms with Crippen LogP contribution in [0.1, 0.15) is 19.3 Å². The molecule has 6 nitrogen and oxygen atoms in total. The van der Waals surface area contributed by atoms with Crippen LogP contribution < -0.4 is 0 Å². The fourth-order valence-corrected chi connectivity index (χ4v) is 3.24. The molecule has 0 aromatic heterocycles. The lowest BCUT2D eigenvalue weighted by molar-refractivity contribution is 0.295. The van der Waals surface area contributed by atoms with Gasteiger partial charge in [0.25, 0.3) is 0 Å². The minimum atomic E-state index is -2.85. The first-order chi connectivity index (χ1) is 11.8. The highest BCUT2D eigenvalue weighted by molar-refractivity contribution is 9.93. The molecule has 0 radical (unpaired) electrons. The fourth-order valence-electron chi connectivity index (χ4n) is 0.852. The lowest BCUT2D eigenvalue weighted by Gasteiger charge is -1.91. The molecule has 0 aromatic rings. The third kappa shape index (κ3) is 71.7. The Hall–Kier alpha value is 2.52. The van der Waals surface area contributed by atoms with Crippen molar-refractivity contribution in [3.05, 3.63) is 0 Å².